The van der Waals surface area contributed by atoms with Crippen molar-refractivity contribution in [2.45, 2.75) is 24.8 Å². The number of para-hydroxylation sites is 1. The molecule has 1 aromatic carbocycles. The molecule has 2 aromatic rings. The minimum Gasteiger partial charge on any atom is -0.496 e. The number of aromatic amines is 1. The molecule has 0 atom stereocenters. The molecular formula is C14H19N3O3S. The van der Waals surface area contributed by atoms with Gasteiger partial charge in [-0.15, -0.1) is 0 Å². The lowest BCUT2D eigenvalue weighted by Gasteiger charge is -2.08. The monoisotopic (exact) mass is 309 g/mol. The number of benzene rings is 1. The quantitative estimate of drug-likeness (QED) is 0.812. The molecule has 6 nitrogen and oxygen atoms in total. The van der Waals surface area contributed by atoms with Crippen LogP contribution in [0.1, 0.15) is 18.3 Å². The van der Waals surface area contributed by atoms with Crippen LogP contribution in [-0.4, -0.2) is 32.0 Å². The molecule has 0 spiro atoms. The average Bonchev–Trinajstić information content (AvgIpc) is 2.97. The van der Waals surface area contributed by atoms with Gasteiger partial charge in [-0.05, 0) is 18.1 Å². The molecule has 0 radical (unpaired) electrons. The van der Waals surface area contributed by atoms with Crippen molar-refractivity contribution in [2.75, 3.05) is 13.7 Å². The molecule has 1 heterocycles. The molecule has 0 unspecified atom stereocenters. The van der Waals surface area contributed by atoms with E-state index in [0.29, 0.717) is 25.2 Å². The first-order chi connectivity index (χ1) is 10.1. The van der Waals surface area contributed by atoms with Crippen molar-refractivity contribution in [1.82, 2.24) is 14.7 Å². The van der Waals surface area contributed by atoms with Gasteiger partial charge >= 0.3 is 0 Å². The summed E-state index contributed by atoms with van der Waals surface area (Å²) >= 11 is 0. The molecule has 1 aromatic heterocycles. The van der Waals surface area contributed by atoms with Gasteiger partial charge in [-0.25, -0.2) is 18.1 Å². The van der Waals surface area contributed by atoms with Crippen LogP contribution in [0.15, 0.2) is 35.5 Å². The van der Waals surface area contributed by atoms with E-state index in [1.165, 1.54) is 6.20 Å². The fraction of sp³-hybridized carbons (Fsp3) is 0.357. The molecule has 0 fully saturated rings. The summed E-state index contributed by atoms with van der Waals surface area (Å²) in [5, 5.41) is 0.0966. The van der Waals surface area contributed by atoms with Gasteiger partial charge in [0.25, 0.3) is 10.0 Å². The van der Waals surface area contributed by atoms with E-state index >= 15 is 0 Å². The van der Waals surface area contributed by atoms with Crippen LogP contribution in [0.2, 0.25) is 0 Å². The molecule has 0 saturated heterocycles. The van der Waals surface area contributed by atoms with Gasteiger partial charge in [0.05, 0.1) is 13.3 Å². The SMILES string of the molecule is CCc1ncc(S(=O)(=O)NCCc2ccccc2OC)[nH]1. The largest absolute Gasteiger partial charge is 0.496 e. The summed E-state index contributed by atoms with van der Waals surface area (Å²) < 4.78 is 32.0. The zero-order valence-corrected chi connectivity index (χ0v) is 12.9. The molecule has 0 bridgehead atoms. The van der Waals surface area contributed by atoms with Gasteiger partial charge in [0, 0.05) is 13.0 Å². The third-order valence-electron chi connectivity index (χ3n) is 3.11. The predicted molar refractivity (Wildman–Crippen MR) is 79.9 cm³/mol. The second-order valence-corrected chi connectivity index (χ2v) is 6.24. The normalized spacial score (nSPS) is 11.5. The lowest BCUT2D eigenvalue weighted by atomic mass is 10.1. The van der Waals surface area contributed by atoms with E-state index in [1.54, 1.807) is 7.11 Å². The van der Waals surface area contributed by atoms with Gasteiger partial charge < -0.3 is 9.72 Å². The van der Waals surface area contributed by atoms with Crippen LogP contribution in [0.3, 0.4) is 0 Å². The Hall–Kier alpha value is -1.86. The number of nitrogens with one attached hydrogen (secondary N) is 2. The molecule has 0 amide bonds. The van der Waals surface area contributed by atoms with Gasteiger partial charge in [-0.1, -0.05) is 25.1 Å². The summed E-state index contributed by atoms with van der Waals surface area (Å²) in [5.41, 5.74) is 0.960. The Morgan fingerprint density at radius 1 is 1.33 bits per heavy atom. The zero-order valence-electron chi connectivity index (χ0n) is 12.1. The van der Waals surface area contributed by atoms with Crippen LogP contribution >= 0.6 is 0 Å². The van der Waals surface area contributed by atoms with Gasteiger partial charge in [0.15, 0.2) is 5.03 Å². The Morgan fingerprint density at radius 3 is 2.76 bits per heavy atom. The maximum atomic E-state index is 12.1. The minimum absolute atomic E-state index is 0.0966. The molecule has 0 saturated carbocycles. The second kappa shape index (κ2) is 6.73. The molecule has 0 aliphatic heterocycles. The third-order valence-corrected chi connectivity index (χ3v) is 4.48. The number of hydrogen-bond acceptors (Lipinski definition) is 4. The molecule has 0 aliphatic rings. The Morgan fingerprint density at radius 2 is 2.10 bits per heavy atom. The summed E-state index contributed by atoms with van der Waals surface area (Å²) in [6.45, 7) is 2.20. The summed E-state index contributed by atoms with van der Waals surface area (Å²) in [6.07, 6.45) is 2.55. The Kier molecular flexibility index (Phi) is 4.98. The number of aryl methyl sites for hydroxylation is 1. The highest BCUT2D eigenvalue weighted by molar-refractivity contribution is 7.89. The number of hydrogen-bond donors (Lipinski definition) is 2. The first-order valence-electron chi connectivity index (χ1n) is 6.72. The van der Waals surface area contributed by atoms with Gasteiger partial charge in [-0.2, -0.15) is 0 Å². The van der Waals surface area contributed by atoms with Gasteiger partial charge in [0.2, 0.25) is 0 Å². The summed E-state index contributed by atoms with van der Waals surface area (Å²) in [5.74, 6) is 1.41. The first-order valence-corrected chi connectivity index (χ1v) is 8.20. The number of imidazole rings is 1. The van der Waals surface area contributed by atoms with Gasteiger partial charge in [0.1, 0.15) is 11.6 Å². The highest BCUT2D eigenvalue weighted by Crippen LogP contribution is 2.17. The van der Waals surface area contributed by atoms with Crippen molar-refractivity contribution < 1.29 is 13.2 Å². The topological polar surface area (TPSA) is 84.1 Å². The van der Waals surface area contributed by atoms with E-state index in [1.807, 2.05) is 31.2 Å². The van der Waals surface area contributed by atoms with Crippen LogP contribution in [0.4, 0.5) is 0 Å². The van der Waals surface area contributed by atoms with Crippen molar-refractivity contribution in [2.24, 2.45) is 0 Å². The first kappa shape index (κ1) is 15.5. The van der Waals surface area contributed by atoms with E-state index in [9.17, 15) is 8.42 Å². The van der Waals surface area contributed by atoms with Crippen LogP contribution in [0.5, 0.6) is 5.75 Å². The lowest BCUT2D eigenvalue weighted by molar-refractivity contribution is 0.409. The number of H-pyrrole nitrogens is 1. The molecule has 21 heavy (non-hydrogen) atoms. The van der Waals surface area contributed by atoms with E-state index in [-0.39, 0.29) is 5.03 Å². The van der Waals surface area contributed by atoms with Crippen molar-refractivity contribution >= 4 is 10.0 Å². The van der Waals surface area contributed by atoms with Crippen molar-refractivity contribution in [3.63, 3.8) is 0 Å². The number of sulfonamides is 1. The van der Waals surface area contributed by atoms with Crippen molar-refractivity contribution in [3.05, 3.63) is 41.9 Å². The van der Waals surface area contributed by atoms with Crippen LogP contribution in [0, 0.1) is 0 Å². The number of nitrogens with zero attached hydrogens (tertiary/aromatic N) is 1. The number of methoxy groups -OCH3 is 1. The Balaban J connectivity index is 1.99. The highest BCUT2D eigenvalue weighted by Gasteiger charge is 2.16. The molecule has 7 heteroatoms. The summed E-state index contributed by atoms with van der Waals surface area (Å²) in [4.78, 5) is 6.79. The smallest absolute Gasteiger partial charge is 0.257 e. The molecular weight excluding hydrogens is 290 g/mol. The molecule has 2 rings (SSSR count). The van der Waals surface area contributed by atoms with Crippen molar-refractivity contribution in [3.8, 4) is 5.75 Å². The van der Waals surface area contributed by atoms with E-state index in [2.05, 4.69) is 14.7 Å². The van der Waals surface area contributed by atoms with Gasteiger partial charge in [-0.3, -0.25) is 0 Å². The molecule has 2 N–H and O–H groups in total. The van der Waals surface area contributed by atoms with E-state index in [0.717, 1.165) is 11.3 Å². The zero-order chi connectivity index (χ0) is 15.3. The van der Waals surface area contributed by atoms with E-state index in [4.69, 9.17) is 4.74 Å². The molecule has 114 valence electrons. The fourth-order valence-corrected chi connectivity index (χ4v) is 2.94. The highest BCUT2D eigenvalue weighted by atomic mass is 32.2. The third kappa shape index (κ3) is 3.83. The van der Waals surface area contributed by atoms with Crippen LogP contribution < -0.4 is 9.46 Å². The number of ether oxygens (including phenoxy) is 1. The molecule has 0 aliphatic carbocycles. The average molecular weight is 309 g/mol. The van der Waals surface area contributed by atoms with E-state index < -0.39 is 10.0 Å². The summed E-state index contributed by atoms with van der Waals surface area (Å²) in [7, 11) is -1.95. The van der Waals surface area contributed by atoms with Crippen LogP contribution in [0.25, 0.3) is 0 Å². The van der Waals surface area contributed by atoms with Crippen LogP contribution in [-0.2, 0) is 22.9 Å². The predicted octanol–water partition coefficient (Wildman–Crippen LogP) is 1.50. The number of aromatic nitrogens is 2. The summed E-state index contributed by atoms with van der Waals surface area (Å²) in [6, 6.07) is 7.54. The Bertz CT molecular complexity index is 695. The maximum absolute atomic E-state index is 12.1. The number of rotatable bonds is 7. The fourth-order valence-electron chi connectivity index (χ4n) is 1.97. The standard InChI is InChI=1S/C14H19N3O3S/c1-3-13-15-10-14(17-13)21(18,19)16-9-8-11-6-4-5-7-12(11)20-2/h4-7,10,16H,3,8-9H2,1-2H3,(H,15,17). The van der Waals surface area contributed by atoms with Crippen molar-refractivity contribution in [1.29, 1.82) is 0 Å². The lowest BCUT2D eigenvalue weighted by Crippen LogP contribution is -2.26. The maximum Gasteiger partial charge on any atom is 0.257 e. The second-order valence-electron chi connectivity index (χ2n) is 4.51. The minimum atomic E-state index is -3.55. The Labute approximate surface area is 124 Å².